The second kappa shape index (κ2) is 8.28. The van der Waals surface area contributed by atoms with Crippen LogP contribution in [0.3, 0.4) is 0 Å². The number of para-hydroxylation sites is 1. The van der Waals surface area contributed by atoms with E-state index in [1.807, 2.05) is 24.3 Å². The molecule has 1 aromatic carbocycles. The Morgan fingerprint density at radius 1 is 1.30 bits per heavy atom. The van der Waals surface area contributed by atoms with Crippen molar-refractivity contribution in [3.8, 4) is 17.1 Å². The fraction of sp³-hybridized carbons (Fsp3) is 0.176. The number of ether oxygens (including phenoxy) is 1. The number of aromatic nitrogens is 4. The third-order valence-corrected chi connectivity index (χ3v) is 5.04. The molecule has 3 rings (SSSR count). The number of pyridine rings is 1. The van der Waals surface area contributed by atoms with Crippen LogP contribution in [0.4, 0.5) is 5.69 Å². The van der Waals surface area contributed by atoms with Crippen molar-refractivity contribution in [2.24, 2.45) is 0 Å². The van der Waals surface area contributed by atoms with Gasteiger partial charge < -0.3 is 15.9 Å². The van der Waals surface area contributed by atoms with Crippen molar-refractivity contribution >= 4 is 35.0 Å². The lowest BCUT2D eigenvalue weighted by molar-refractivity contribution is -0.115. The number of nitrogens with zero attached hydrogens (tertiary/aromatic N) is 4. The van der Waals surface area contributed by atoms with E-state index >= 15 is 0 Å². The molecule has 0 spiro atoms. The molecule has 1 atom stereocenters. The van der Waals surface area contributed by atoms with Crippen molar-refractivity contribution in [2.75, 3.05) is 18.3 Å². The van der Waals surface area contributed by atoms with Gasteiger partial charge in [0.15, 0.2) is 11.0 Å². The van der Waals surface area contributed by atoms with Gasteiger partial charge in [0.1, 0.15) is 5.75 Å². The number of methoxy groups -OCH3 is 1. The van der Waals surface area contributed by atoms with Crippen LogP contribution in [-0.2, 0) is 4.79 Å². The van der Waals surface area contributed by atoms with E-state index in [-0.39, 0.29) is 11.1 Å². The highest BCUT2D eigenvalue weighted by Gasteiger charge is 2.21. The molecule has 10 heteroatoms. The molecule has 0 aliphatic carbocycles. The van der Waals surface area contributed by atoms with Crippen molar-refractivity contribution in [1.29, 1.82) is 0 Å². The molecule has 0 saturated heterocycles. The van der Waals surface area contributed by atoms with Gasteiger partial charge in [-0.2, -0.15) is 0 Å². The zero-order chi connectivity index (χ0) is 19.4. The standard InChI is InChI=1S/C17H17ClN6O2S/c1-10(16(25)21-12-7-5-9-20-14(12)18)27-17-23-22-15(24(17)19)11-6-3-4-8-13(11)26-2/h3-10H,19H2,1-2H3,(H,21,25). The Kier molecular flexibility index (Phi) is 5.82. The van der Waals surface area contributed by atoms with Crippen molar-refractivity contribution in [3.63, 3.8) is 0 Å². The number of halogens is 1. The second-order valence-electron chi connectivity index (χ2n) is 5.47. The Bertz CT molecular complexity index is 964. The summed E-state index contributed by atoms with van der Waals surface area (Å²) in [4.78, 5) is 16.3. The number of thioether (sulfide) groups is 1. The van der Waals surface area contributed by atoms with Gasteiger partial charge in [-0.15, -0.1) is 10.2 Å². The van der Waals surface area contributed by atoms with Crippen LogP contribution in [-0.4, -0.2) is 38.1 Å². The van der Waals surface area contributed by atoms with Gasteiger partial charge in [-0.25, -0.2) is 9.66 Å². The molecule has 140 valence electrons. The van der Waals surface area contributed by atoms with Crippen LogP contribution in [0.2, 0.25) is 5.15 Å². The van der Waals surface area contributed by atoms with Crippen LogP contribution < -0.4 is 15.9 Å². The van der Waals surface area contributed by atoms with Gasteiger partial charge in [-0.3, -0.25) is 4.79 Å². The third-order valence-electron chi connectivity index (χ3n) is 3.68. The first-order chi connectivity index (χ1) is 13.0. The summed E-state index contributed by atoms with van der Waals surface area (Å²) < 4.78 is 6.67. The number of amides is 1. The van der Waals surface area contributed by atoms with Gasteiger partial charge in [0, 0.05) is 6.20 Å². The van der Waals surface area contributed by atoms with Crippen LogP contribution in [0.1, 0.15) is 6.92 Å². The van der Waals surface area contributed by atoms with E-state index in [0.29, 0.717) is 28.0 Å². The second-order valence-corrected chi connectivity index (χ2v) is 7.13. The lowest BCUT2D eigenvalue weighted by Gasteiger charge is -2.12. The summed E-state index contributed by atoms with van der Waals surface area (Å²) in [5.74, 6) is 6.96. The number of carbonyl (C=O) groups is 1. The fourth-order valence-electron chi connectivity index (χ4n) is 2.30. The smallest absolute Gasteiger partial charge is 0.237 e. The molecule has 0 aliphatic heterocycles. The van der Waals surface area contributed by atoms with E-state index in [1.165, 1.54) is 16.4 Å². The Labute approximate surface area is 165 Å². The highest BCUT2D eigenvalue weighted by Crippen LogP contribution is 2.30. The number of hydrogen-bond acceptors (Lipinski definition) is 7. The minimum Gasteiger partial charge on any atom is -0.496 e. The third kappa shape index (κ3) is 4.15. The van der Waals surface area contributed by atoms with E-state index in [9.17, 15) is 4.79 Å². The lowest BCUT2D eigenvalue weighted by Crippen LogP contribution is -2.24. The van der Waals surface area contributed by atoms with Crippen LogP contribution in [0.5, 0.6) is 5.75 Å². The van der Waals surface area contributed by atoms with E-state index < -0.39 is 5.25 Å². The fourth-order valence-corrected chi connectivity index (χ4v) is 3.23. The summed E-state index contributed by atoms with van der Waals surface area (Å²) in [5, 5.41) is 11.1. The van der Waals surface area contributed by atoms with Gasteiger partial charge in [-0.1, -0.05) is 35.5 Å². The molecule has 0 saturated carbocycles. The maximum Gasteiger partial charge on any atom is 0.237 e. The van der Waals surface area contributed by atoms with Gasteiger partial charge in [0.2, 0.25) is 11.1 Å². The zero-order valence-corrected chi connectivity index (χ0v) is 16.2. The Balaban J connectivity index is 1.75. The average molecular weight is 405 g/mol. The number of benzene rings is 1. The average Bonchev–Trinajstić information content (AvgIpc) is 3.03. The summed E-state index contributed by atoms with van der Waals surface area (Å²) in [5.41, 5.74) is 1.15. The molecule has 2 heterocycles. The van der Waals surface area contributed by atoms with Gasteiger partial charge in [0.25, 0.3) is 0 Å². The summed E-state index contributed by atoms with van der Waals surface area (Å²) in [6.45, 7) is 1.74. The normalized spacial score (nSPS) is 11.8. The molecule has 27 heavy (non-hydrogen) atoms. The predicted octanol–water partition coefficient (Wildman–Crippen LogP) is 2.84. The Morgan fingerprint density at radius 2 is 2.07 bits per heavy atom. The number of nitrogens with one attached hydrogen (secondary N) is 1. The van der Waals surface area contributed by atoms with Crippen molar-refractivity contribution < 1.29 is 9.53 Å². The minimum atomic E-state index is -0.488. The zero-order valence-electron chi connectivity index (χ0n) is 14.6. The predicted molar refractivity (Wildman–Crippen MR) is 105 cm³/mol. The number of nitrogens with two attached hydrogens (primary N) is 1. The number of hydrogen-bond donors (Lipinski definition) is 2. The molecule has 1 amide bonds. The molecule has 0 fully saturated rings. The van der Waals surface area contributed by atoms with E-state index in [2.05, 4.69) is 20.5 Å². The van der Waals surface area contributed by atoms with Gasteiger partial charge >= 0.3 is 0 Å². The van der Waals surface area contributed by atoms with Crippen molar-refractivity contribution in [2.45, 2.75) is 17.3 Å². The maximum atomic E-state index is 12.4. The quantitative estimate of drug-likeness (QED) is 0.369. The molecule has 8 nitrogen and oxygen atoms in total. The summed E-state index contributed by atoms with van der Waals surface area (Å²) in [6.07, 6.45) is 1.55. The first kappa shape index (κ1) is 19.0. The van der Waals surface area contributed by atoms with Crippen LogP contribution >= 0.6 is 23.4 Å². The first-order valence-electron chi connectivity index (χ1n) is 7.93. The highest BCUT2D eigenvalue weighted by atomic mass is 35.5. The topological polar surface area (TPSA) is 108 Å². The molecule has 3 aromatic rings. The molecule has 0 radical (unpaired) electrons. The summed E-state index contributed by atoms with van der Waals surface area (Å²) in [6, 6.07) is 10.7. The number of carbonyl (C=O) groups excluding carboxylic acids is 1. The van der Waals surface area contributed by atoms with Crippen LogP contribution in [0, 0.1) is 0 Å². The molecule has 2 aromatic heterocycles. The van der Waals surface area contributed by atoms with E-state index in [1.54, 1.807) is 32.4 Å². The van der Waals surface area contributed by atoms with E-state index in [0.717, 1.165) is 0 Å². The van der Waals surface area contributed by atoms with Crippen molar-refractivity contribution in [1.82, 2.24) is 19.9 Å². The highest BCUT2D eigenvalue weighted by molar-refractivity contribution is 8.00. The molecule has 0 aliphatic rings. The SMILES string of the molecule is COc1ccccc1-c1nnc(SC(C)C(=O)Nc2cccnc2Cl)n1N. The monoisotopic (exact) mass is 404 g/mol. The Morgan fingerprint density at radius 3 is 2.81 bits per heavy atom. The summed E-state index contributed by atoms with van der Waals surface area (Å²) in [7, 11) is 1.57. The molecule has 3 N–H and O–H groups in total. The Hall–Kier alpha value is -2.78. The maximum absolute atomic E-state index is 12.4. The van der Waals surface area contributed by atoms with E-state index in [4.69, 9.17) is 22.2 Å². The largest absolute Gasteiger partial charge is 0.496 e. The molecule has 1 unspecified atom stereocenters. The molecule has 0 bridgehead atoms. The number of rotatable bonds is 6. The van der Waals surface area contributed by atoms with Gasteiger partial charge in [0.05, 0.1) is 23.6 Å². The molecular weight excluding hydrogens is 388 g/mol. The number of nitrogen functional groups attached to an aromatic ring is 1. The molecular formula is C17H17ClN6O2S. The van der Waals surface area contributed by atoms with Crippen LogP contribution in [0.15, 0.2) is 47.8 Å². The lowest BCUT2D eigenvalue weighted by atomic mass is 10.2. The number of anilines is 1. The van der Waals surface area contributed by atoms with Crippen molar-refractivity contribution in [3.05, 3.63) is 47.7 Å². The first-order valence-corrected chi connectivity index (χ1v) is 9.19. The van der Waals surface area contributed by atoms with Gasteiger partial charge in [-0.05, 0) is 31.2 Å². The minimum absolute atomic E-state index is 0.225. The summed E-state index contributed by atoms with van der Waals surface area (Å²) >= 11 is 7.15. The van der Waals surface area contributed by atoms with Crippen LogP contribution in [0.25, 0.3) is 11.4 Å².